The molecule has 1 heterocycles. The number of nitrogens with zero attached hydrogens (tertiary/aromatic N) is 2. The summed E-state index contributed by atoms with van der Waals surface area (Å²) in [6.07, 6.45) is 2.75. The highest BCUT2D eigenvalue weighted by Gasteiger charge is 2.12. The quantitative estimate of drug-likeness (QED) is 0.666. The lowest BCUT2D eigenvalue weighted by molar-refractivity contribution is -0.134. The van der Waals surface area contributed by atoms with Gasteiger partial charge in [-0.25, -0.2) is 9.48 Å². The topological polar surface area (TPSA) is 73.2 Å². The van der Waals surface area contributed by atoms with Crippen molar-refractivity contribution < 1.29 is 14.3 Å². The molecule has 1 aromatic heterocycles. The zero-order valence-electron chi connectivity index (χ0n) is 13.7. The van der Waals surface area contributed by atoms with Gasteiger partial charge in [0.05, 0.1) is 29.1 Å². The fourth-order valence-electron chi connectivity index (χ4n) is 2.18. The summed E-state index contributed by atoms with van der Waals surface area (Å²) in [4.78, 5) is 23.2. The molecule has 0 bridgehead atoms. The standard InChI is InChI=1S/C17H18ClN3O3/c1-11-9-12(2)21(20-11)13-6-7-15(18)14(10-13)17(23)19-8-4-5-16(22)24-3/h4-7,9-10H,8H2,1-3H3,(H,19,23)/b5-4+. The predicted molar refractivity (Wildman–Crippen MR) is 91.5 cm³/mol. The Morgan fingerprint density at radius 3 is 2.71 bits per heavy atom. The van der Waals surface area contributed by atoms with Crippen molar-refractivity contribution in [3.8, 4) is 5.69 Å². The van der Waals surface area contributed by atoms with Gasteiger partial charge in [-0.1, -0.05) is 17.7 Å². The number of carbonyl (C=O) groups excluding carboxylic acids is 2. The van der Waals surface area contributed by atoms with E-state index in [0.717, 1.165) is 17.1 Å². The van der Waals surface area contributed by atoms with Crippen molar-refractivity contribution in [1.29, 1.82) is 0 Å². The van der Waals surface area contributed by atoms with Gasteiger partial charge in [-0.2, -0.15) is 5.10 Å². The van der Waals surface area contributed by atoms with Gasteiger partial charge in [0.2, 0.25) is 0 Å². The minimum absolute atomic E-state index is 0.189. The number of halogens is 1. The summed E-state index contributed by atoms with van der Waals surface area (Å²) in [5.41, 5.74) is 2.94. The first-order valence-corrected chi connectivity index (χ1v) is 7.66. The molecule has 24 heavy (non-hydrogen) atoms. The van der Waals surface area contributed by atoms with Gasteiger partial charge in [0.1, 0.15) is 0 Å². The highest BCUT2D eigenvalue weighted by molar-refractivity contribution is 6.33. The molecule has 0 fully saturated rings. The Hall–Kier alpha value is -2.60. The Bertz CT molecular complexity index is 796. The Morgan fingerprint density at radius 2 is 2.08 bits per heavy atom. The predicted octanol–water partition coefficient (Wildman–Crippen LogP) is 2.60. The van der Waals surface area contributed by atoms with Crippen molar-refractivity contribution in [2.45, 2.75) is 13.8 Å². The normalized spacial score (nSPS) is 10.8. The van der Waals surface area contributed by atoms with Crippen LogP contribution in [0.1, 0.15) is 21.7 Å². The van der Waals surface area contributed by atoms with E-state index >= 15 is 0 Å². The molecular formula is C17H18ClN3O3. The van der Waals surface area contributed by atoms with Crippen LogP contribution in [0.5, 0.6) is 0 Å². The molecule has 2 rings (SSSR count). The number of aryl methyl sites for hydroxylation is 2. The van der Waals surface area contributed by atoms with E-state index in [2.05, 4.69) is 15.2 Å². The molecule has 0 saturated carbocycles. The van der Waals surface area contributed by atoms with Gasteiger partial charge in [-0.05, 0) is 38.1 Å². The van der Waals surface area contributed by atoms with Crippen molar-refractivity contribution in [3.05, 3.63) is 58.4 Å². The van der Waals surface area contributed by atoms with Crippen molar-refractivity contribution in [2.24, 2.45) is 0 Å². The number of esters is 1. The van der Waals surface area contributed by atoms with E-state index in [4.69, 9.17) is 11.6 Å². The lowest BCUT2D eigenvalue weighted by Crippen LogP contribution is -2.24. The second-order valence-corrected chi connectivity index (χ2v) is 5.55. The molecule has 0 saturated heterocycles. The average Bonchev–Trinajstić information content (AvgIpc) is 2.90. The fraction of sp³-hybridized carbons (Fsp3) is 0.235. The smallest absolute Gasteiger partial charge is 0.330 e. The van der Waals surface area contributed by atoms with Crippen LogP contribution in [0.2, 0.25) is 5.02 Å². The van der Waals surface area contributed by atoms with Gasteiger partial charge in [0.25, 0.3) is 5.91 Å². The number of hydrogen-bond acceptors (Lipinski definition) is 4. The maximum absolute atomic E-state index is 12.3. The Morgan fingerprint density at radius 1 is 1.33 bits per heavy atom. The molecule has 0 aliphatic rings. The lowest BCUT2D eigenvalue weighted by atomic mass is 10.2. The van der Waals surface area contributed by atoms with E-state index in [9.17, 15) is 9.59 Å². The molecule has 0 atom stereocenters. The Balaban J connectivity index is 2.16. The molecule has 6 nitrogen and oxygen atoms in total. The van der Waals surface area contributed by atoms with E-state index in [0.29, 0.717) is 10.6 Å². The molecular weight excluding hydrogens is 330 g/mol. The van der Waals surface area contributed by atoms with Crippen LogP contribution >= 0.6 is 11.6 Å². The van der Waals surface area contributed by atoms with Crippen LogP contribution in [0, 0.1) is 13.8 Å². The number of benzene rings is 1. The Kier molecular flexibility index (Phi) is 5.76. The number of aromatic nitrogens is 2. The van der Waals surface area contributed by atoms with Crippen LogP contribution in [0.3, 0.4) is 0 Å². The summed E-state index contributed by atoms with van der Waals surface area (Å²) in [5.74, 6) is -0.813. The van der Waals surface area contributed by atoms with Crippen LogP contribution in [-0.2, 0) is 9.53 Å². The van der Waals surface area contributed by atoms with E-state index in [1.165, 1.54) is 19.3 Å². The number of ether oxygens (including phenoxy) is 1. The third-order valence-corrected chi connectivity index (χ3v) is 3.61. The van der Waals surface area contributed by atoms with Crippen LogP contribution in [-0.4, -0.2) is 35.3 Å². The van der Waals surface area contributed by atoms with Gasteiger partial charge >= 0.3 is 5.97 Å². The van der Waals surface area contributed by atoms with Crippen LogP contribution in [0.15, 0.2) is 36.4 Å². The number of rotatable bonds is 5. The zero-order valence-corrected chi connectivity index (χ0v) is 14.4. The third-order valence-electron chi connectivity index (χ3n) is 3.28. The average molecular weight is 348 g/mol. The van der Waals surface area contributed by atoms with Gasteiger partial charge < -0.3 is 10.1 Å². The van der Waals surface area contributed by atoms with Crippen molar-refractivity contribution in [1.82, 2.24) is 15.1 Å². The number of nitrogens with one attached hydrogen (secondary N) is 1. The molecule has 7 heteroatoms. The SMILES string of the molecule is COC(=O)/C=C/CNC(=O)c1cc(-n2nc(C)cc2C)ccc1Cl. The number of amides is 1. The molecule has 1 aromatic carbocycles. The summed E-state index contributed by atoms with van der Waals surface area (Å²) >= 11 is 6.13. The van der Waals surface area contributed by atoms with E-state index < -0.39 is 5.97 Å². The number of methoxy groups -OCH3 is 1. The summed E-state index contributed by atoms with van der Waals surface area (Å²) in [7, 11) is 1.29. The molecule has 2 aromatic rings. The second kappa shape index (κ2) is 7.79. The van der Waals surface area contributed by atoms with E-state index in [1.807, 2.05) is 19.9 Å². The van der Waals surface area contributed by atoms with Crippen LogP contribution in [0.25, 0.3) is 5.69 Å². The number of hydrogen-bond donors (Lipinski definition) is 1. The molecule has 0 spiro atoms. The maximum atomic E-state index is 12.3. The molecule has 126 valence electrons. The van der Waals surface area contributed by atoms with Crippen LogP contribution < -0.4 is 5.32 Å². The molecule has 0 unspecified atom stereocenters. The number of carbonyl (C=O) groups is 2. The highest BCUT2D eigenvalue weighted by atomic mass is 35.5. The summed E-state index contributed by atoms with van der Waals surface area (Å²) < 4.78 is 6.22. The monoisotopic (exact) mass is 347 g/mol. The second-order valence-electron chi connectivity index (χ2n) is 5.14. The van der Waals surface area contributed by atoms with Crippen LogP contribution in [0.4, 0.5) is 0 Å². The molecule has 0 aliphatic heterocycles. The van der Waals surface area contributed by atoms with Gasteiger partial charge in [-0.15, -0.1) is 0 Å². The first-order chi connectivity index (χ1) is 11.4. The van der Waals surface area contributed by atoms with Crippen molar-refractivity contribution in [3.63, 3.8) is 0 Å². The van der Waals surface area contributed by atoms with Gasteiger partial charge in [-0.3, -0.25) is 4.79 Å². The van der Waals surface area contributed by atoms with E-state index in [1.54, 1.807) is 22.9 Å². The molecule has 0 aliphatic carbocycles. The van der Waals surface area contributed by atoms with Crippen molar-refractivity contribution in [2.75, 3.05) is 13.7 Å². The van der Waals surface area contributed by atoms with Crippen molar-refractivity contribution >= 4 is 23.5 Å². The molecule has 1 N–H and O–H groups in total. The van der Waals surface area contributed by atoms with E-state index in [-0.39, 0.29) is 12.5 Å². The van der Waals surface area contributed by atoms with Gasteiger partial charge in [0, 0.05) is 18.3 Å². The summed E-state index contributed by atoms with van der Waals surface area (Å²) in [6, 6.07) is 7.09. The largest absolute Gasteiger partial charge is 0.466 e. The summed E-state index contributed by atoms with van der Waals surface area (Å²) in [5, 5.41) is 7.41. The Labute approximate surface area is 145 Å². The van der Waals surface area contributed by atoms with Gasteiger partial charge in [0.15, 0.2) is 0 Å². The molecule has 1 amide bonds. The highest BCUT2D eigenvalue weighted by Crippen LogP contribution is 2.21. The minimum Gasteiger partial charge on any atom is -0.466 e. The zero-order chi connectivity index (χ0) is 17.7. The maximum Gasteiger partial charge on any atom is 0.330 e. The minimum atomic E-state index is -0.478. The molecule has 0 radical (unpaired) electrons. The first kappa shape index (κ1) is 17.7. The summed E-state index contributed by atoms with van der Waals surface area (Å²) in [6.45, 7) is 4.03. The first-order valence-electron chi connectivity index (χ1n) is 7.28. The third kappa shape index (κ3) is 4.23. The lowest BCUT2D eigenvalue weighted by Gasteiger charge is -2.09. The fourth-order valence-corrected chi connectivity index (χ4v) is 2.38.